The molecule has 0 saturated carbocycles. The van der Waals surface area contributed by atoms with E-state index in [0.29, 0.717) is 0 Å². The summed E-state index contributed by atoms with van der Waals surface area (Å²) in [6, 6.07) is 0. The summed E-state index contributed by atoms with van der Waals surface area (Å²) < 4.78 is 17.0. The van der Waals surface area contributed by atoms with Crippen LogP contribution in [0.1, 0.15) is 41.5 Å². The first kappa shape index (κ1) is 17.5. The minimum absolute atomic E-state index is 0.347. The lowest BCUT2D eigenvalue weighted by Gasteiger charge is -2.34. The highest BCUT2D eigenvalue weighted by atomic mass is 31.2. The molecule has 5 nitrogen and oxygen atoms in total. The Bertz CT molecular complexity index is 389. The molecule has 0 unspecified atom stereocenters. The van der Waals surface area contributed by atoms with Crippen LogP contribution >= 0.6 is 7.49 Å². The van der Waals surface area contributed by atoms with Gasteiger partial charge in [0.2, 0.25) is 13.5 Å². The van der Waals surface area contributed by atoms with Crippen molar-refractivity contribution >= 4 is 19.7 Å². The maximum atomic E-state index is 6.10. The molecule has 1 rings (SSSR count). The van der Waals surface area contributed by atoms with E-state index in [9.17, 15) is 0 Å². The summed E-state index contributed by atoms with van der Waals surface area (Å²) in [5.41, 5.74) is -0.693. The van der Waals surface area contributed by atoms with E-state index < -0.39 is 7.49 Å². The van der Waals surface area contributed by atoms with Gasteiger partial charge in [-0.05, 0) is 47.8 Å². The summed E-state index contributed by atoms with van der Waals surface area (Å²) in [4.78, 5) is 4.22. The lowest BCUT2D eigenvalue weighted by Crippen LogP contribution is -2.30. The van der Waals surface area contributed by atoms with Crippen molar-refractivity contribution in [2.24, 2.45) is 4.76 Å². The Labute approximate surface area is 124 Å². The summed E-state index contributed by atoms with van der Waals surface area (Å²) >= 11 is 0. The number of guanidine groups is 1. The number of rotatable bonds is 3. The van der Waals surface area contributed by atoms with Crippen LogP contribution in [0.5, 0.6) is 0 Å². The van der Waals surface area contributed by atoms with Gasteiger partial charge in [0.25, 0.3) is 0 Å². The van der Waals surface area contributed by atoms with E-state index in [4.69, 9.17) is 13.8 Å². The molecule has 1 aliphatic rings. The first-order chi connectivity index (χ1) is 8.81. The largest absolute Gasteiger partial charge is 0.344 e. The van der Waals surface area contributed by atoms with E-state index in [1.807, 2.05) is 55.6 Å². The Balaban J connectivity index is 3.11. The van der Waals surface area contributed by atoms with E-state index in [-0.39, 0.29) is 11.2 Å². The van der Waals surface area contributed by atoms with Crippen LogP contribution in [0.2, 0.25) is 0 Å². The maximum Gasteiger partial charge on any atom is 0.238 e. The van der Waals surface area contributed by atoms with Gasteiger partial charge in [-0.25, -0.2) is 0 Å². The van der Waals surface area contributed by atoms with Gasteiger partial charge in [0.15, 0.2) is 0 Å². The van der Waals surface area contributed by atoms with Crippen molar-refractivity contribution in [3.05, 3.63) is 0 Å². The van der Waals surface area contributed by atoms with Crippen LogP contribution in [-0.2, 0) is 9.05 Å². The number of hydrogen-bond donors (Lipinski definition) is 0. The van der Waals surface area contributed by atoms with Gasteiger partial charge in [0.1, 0.15) is 0 Å². The fourth-order valence-corrected chi connectivity index (χ4v) is 4.40. The van der Waals surface area contributed by atoms with Gasteiger partial charge in [-0.2, -0.15) is 4.76 Å². The van der Waals surface area contributed by atoms with Crippen LogP contribution in [0.15, 0.2) is 4.76 Å². The van der Waals surface area contributed by atoms with E-state index in [1.54, 1.807) is 0 Å². The Morgan fingerprint density at radius 1 is 0.950 bits per heavy atom. The lowest BCUT2D eigenvalue weighted by molar-refractivity contribution is 0.0705. The molecule has 0 bridgehead atoms. The lowest BCUT2D eigenvalue weighted by atomic mass is 10.2. The van der Waals surface area contributed by atoms with E-state index in [2.05, 4.69) is 16.1 Å². The van der Waals surface area contributed by atoms with E-state index >= 15 is 0 Å². The third kappa shape index (κ3) is 5.47. The molecule has 0 N–H and O–H groups in total. The molecule has 0 spiro atoms. The maximum absolute atomic E-state index is 6.10. The predicted octanol–water partition coefficient (Wildman–Crippen LogP) is 3.04. The predicted molar refractivity (Wildman–Crippen MR) is 88.4 cm³/mol. The van der Waals surface area contributed by atoms with Crippen LogP contribution in [0.3, 0.4) is 0 Å². The smallest absolute Gasteiger partial charge is 0.238 e. The average Bonchev–Trinajstić information content (AvgIpc) is 2.42. The van der Waals surface area contributed by atoms with Crippen molar-refractivity contribution < 1.29 is 9.05 Å². The van der Waals surface area contributed by atoms with Crippen molar-refractivity contribution in [1.82, 2.24) is 9.80 Å². The molecule has 1 fully saturated rings. The molecular formula is C14H30N3O2P. The fourth-order valence-electron chi connectivity index (χ4n) is 2.00. The molecule has 0 aromatic rings. The standard InChI is InChI=1S/C14H30N3O2P/c1-13(2,3)18-20(9,19-14(4,5)6)15-12-16(7)10-11-17(12)8/h9-11H2,1-8H3. The minimum Gasteiger partial charge on any atom is -0.344 e. The monoisotopic (exact) mass is 303 g/mol. The molecule has 1 aliphatic heterocycles. The topological polar surface area (TPSA) is 37.3 Å². The zero-order chi connectivity index (χ0) is 15.8. The number of hydrogen-bond acceptors (Lipinski definition) is 3. The first-order valence-electron chi connectivity index (χ1n) is 6.99. The highest BCUT2D eigenvalue weighted by Crippen LogP contribution is 2.55. The van der Waals surface area contributed by atoms with Gasteiger partial charge in [0.05, 0.1) is 11.2 Å². The van der Waals surface area contributed by atoms with Gasteiger partial charge < -0.3 is 18.8 Å². The Morgan fingerprint density at radius 3 is 1.60 bits per heavy atom. The molecule has 0 aliphatic carbocycles. The van der Waals surface area contributed by atoms with Gasteiger partial charge in [0, 0.05) is 27.2 Å². The zero-order valence-corrected chi connectivity index (χ0v) is 15.1. The third-order valence-corrected chi connectivity index (χ3v) is 4.68. The molecule has 0 aromatic carbocycles. The van der Waals surface area contributed by atoms with Gasteiger partial charge in [-0.15, -0.1) is 0 Å². The molecule has 20 heavy (non-hydrogen) atoms. The average molecular weight is 303 g/mol. The third-order valence-electron chi connectivity index (χ3n) is 2.53. The molecule has 0 amide bonds. The summed E-state index contributed by atoms with van der Waals surface area (Å²) in [7, 11) is 1.48. The molecule has 118 valence electrons. The molecule has 0 aromatic heterocycles. The summed E-state index contributed by atoms with van der Waals surface area (Å²) in [6.07, 6.45) is 4.20. The Hall–Kier alpha value is -0.510. The van der Waals surface area contributed by atoms with Gasteiger partial charge >= 0.3 is 0 Å². The van der Waals surface area contributed by atoms with Crippen LogP contribution in [0.4, 0.5) is 0 Å². The SMILES string of the molecule is C=P(N=C1N(C)CCN1C)(OC(C)(C)C)OC(C)(C)C. The molecule has 6 heteroatoms. The van der Waals surface area contributed by atoms with Crippen molar-refractivity contribution in [3.63, 3.8) is 0 Å². The minimum atomic E-state index is -2.58. The second-order valence-corrected chi connectivity index (χ2v) is 9.13. The molecule has 0 atom stereocenters. The normalized spacial score (nSPS) is 17.9. The van der Waals surface area contributed by atoms with Crippen molar-refractivity contribution in [3.8, 4) is 0 Å². The fraction of sp³-hybridized carbons (Fsp3) is 0.857. The van der Waals surface area contributed by atoms with Gasteiger partial charge in [-0.3, -0.25) is 0 Å². The first-order valence-corrected chi connectivity index (χ1v) is 8.75. The van der Waals surface area contributed by atoms with Crippen LogP contribution < -0.4 is 0 Å². The Kier molecular flexibility index (Phi) is 5.00. The van der Waals surface area contributed by atoms with Crippen LogP contribution in [0.25, 0.3) is 0 Å². The summed E-state index contributed by atoms with van der Waals surface area (Å²) in [5, 5.41) is 0. The van der Waals surface area contributed by atoms with Crippen LogP contribution in [0, 0.1) is 0 Å². The highest BCUT2D eigenvalue weighted by Gasteiger charge is 2.31. The van der Waals surface area contributed by atoms with E-state index in [1.165, 1.54) is 0 Å². The number of nitrogens with zero attached hydrogens (tertiary/aromatic N) is 3. The van der Waals surface area contributed by atoms with E-state index in [0.717, 1.165) is 19.0 Å². The Morgan fingerprint density at radius 2 is 1.30 bits per heavy atom. The van der Waals surface area contributed by atoms with Gasteiger partial charge in [-0.1, -0.05) is 0 Å². The summed E-state index contributed by atoms with van der Waals surface area (Å²) in [5.74, 6) is 0.891. The second kappa shape index (κ2) is 5.70. The molecule has 1 heterocycles. The second-order valence-electron chi connectivity index (χ2n) is 7.29. The zero-order valence-electron chi connectivity index (χ0n) is 14.2. The van der Waals surface area contributed by atoms with Crippen molar-refractivity contribution in [1.29, 1.82) is 0 Å². The molecular weight excluding hydrogens is 273 g/mol. The summed E-state index contributed by atoms with van der Waals surface area (Å²) in [6.45, 7) is 13.9. The van der Waals surface area contributed by atoms with Crippen molar-refractivity contribution in [2.45, 2.75) is 52.7 Å². The van der Waals surface area contributed by atoms with Crippen LogP contribution in [-0.4, -0.2) is 60.4 Å². The molecule has 1 saturated heterocycles. The van der Waals surface area contributed by atoms with Crippen molar-refractivity contribution in [2.75, 3.05) is 27.2 Å². The highest BCUT2D eigenvalue weighted by molar-refractivity contribution is 7.63. The molecule has 0 radical (unpaired) electrons. The number of likely N-dealkylation sites (N-methyl/N-ethyl adjacent to an activating group) is 2. The quantitative estimate of drug-likeness (QED) is 0.751.